The third-order valence-corrected chi connectivity index (χ3v) is 5.09. The minimum atomic E-state index is -0.334. The van der Waals surface area contributed by atoms with Gasteiger partial charge in [0.15, 0.2) is 0 Å². The monoisotopic (exact) mass is 356 g/mol. The number of rotatable bonds is 3. The molecule has 1 N–H and O–H groups in total. The van der Waals surface area contributed by atoms with Gasteiger partial charge in [0.25, 0.3) is 0 Å². The van der Waals surface area contributed by atoms with Crippen LogP contribution < -0.4 is 5.32 Å². The zero-order chi connectivity index (χ0) is 16.4. The predicted molar refractivity (Wildman–Crippen MR) is 88.8 cm³/mol. The molecule has 1 aromatic rings. The van der Waals surface area contributed by atoms with Crippen LogP contribution in [-0.4, -0.2) is 42.5 Å². The first-order chi connectivity index (χ1) is 11.0. The number of carbonyl (C=O) groups excluding carboxylic acids is 2. The first-order valence-corrected chi connectivity index (χ1v) is 8.43. The first-order valence-electron chi connectivity index (χ1n) is 7.67. The van der Waals surface area contributed by atoms with Gasteiger partial charge in [-0.05, 0) is 31.0 Å². The Balaban J connectivity index is 1.61. The lowest BCUT2D eigenvalue weighted by Gasteiger charge is -2.31. The summed E-state index contributed by atoms with van der Waals surface area (Å²) in [6.07, 6.45) is 1.93. The summed E-state index contributed by atoms with van der Waals surface area (Å²) < 4.78 is 5.33. The summed E-state index contributed by atoms with van der Waals surface area (Å²) in [6.45, 7) is 1.82. The van der Waals surface area contributed by atoms with Gasteiger partial charge in [0.2, 0.25) is 11.8 Å². The Morgan fingerprint density at radius 3 is 2.65 bits per heavy atom. The number of hydrogen-bond acceptors (Lipinski definition) is 3. The van der Waals surface area contributed by atoms with Crippen molar-refractivity contribution in [3.05, 3.63) is 28.2 Å². The van der Waals surface area contributed by atoms with Crippen LogP contribution in [0, 0.1) is 5.92 Å². The second-order valence-corrected chi connectivity index (χ2v) is 6.72. The van der Waals surface area contributed by atoms with Crippen molar-refractivity contribution in [2.75, 3.05) is 25.1 Å². The van der Waals surface area contributed by atoms with E-state index >= 15 is 0 Å². The smallest absolute Gasteiger partial charge is 0.229 e. The van der Waals surface area contributed by atoms with Crippen molar-refractivity contribution in [2.45, 2.75) is 25.3 Å². The van der Waals surface area contributed by atoms with E-state index in [9.17, 15) is 9.59 Å². The summed E-state index contributed by atoms with van der Waals surface area (Å²) in [4.78, 5) is 26.4. The molecule has 2 amide bonds. The van der Waals surface area contributed by atoms with Gasteiger partial charge in [-0.25, -0.2) is 0 Å². The van der Waals surface area contributed by atoms with Crippen LogP contribution in [0.3, 0.4) is 0 Å². The Bertz CT molecular complexity index is 617. The molecule has 0 aromatic heterocycles. The number of halogens is 2. The van der Waals surface area contributed by atoms with Crippen LogP contribution in [-0.2, 0) is 14.3 Å². The Morgan fingerprint density at radius 1 is 1.22 bits per heavy atom. The molecule has 0 bridgehead atoms. The molecule has 0 saturated carbocycles. The number of ether oxygens (including phenoxy) is 1. The molecule has 124 valence electrons. The summed E-state index contributed by atoms with van der Waals surface area (Å²) in [5.41, 5.74) is 0.585. The van der Waals surface area contributed by atoms with Crippen LogP contribution in [0.2, 0.25) is 10.0 Å². The number of nitrogens with zero attached hydrogens (tertiary/aromatic N) is 1. The highest BCUT2D eigenvalue weighted by atomic mass is 35.5. The van der Waals surface area contributed by atoms with Crippen LogP contribution in [0.5, 0.6) is 0 Å². The van der Waals surface area contributed by atoms with Crippen molar-refractivity contribution in [1.82, 2.24) is 4.90 Å². The van der Waals surface area contributed by atoms with E-state index in [4.69, 9.17) is 27.9 Å². The van der Waals surface area contributed by atoms with Gasteiger partial charge >= 0.3 is 0 Å². The number of anilines is 1. The lowest BCUT2D eigenvalue weighted by atomic mass is 10.1. The van der Waals surface area contributed by atoms with Crippen molar-refractivity contribution in [1.29, 1.82) is 0 Å². The van der Waals surface area contributed by atoms with E-state index in [1.54, 1.807) is 18.2 Å². The van der Waals surface area contributed by atoms with Gasteiger partial charge < -0.3 is 15.0 Å². The Morgan fingerprint density at radius 2 is 1.96 bits per heavy atom. The molecule has 2 aliphatic heterocycles. The summed E-state index contributed by atoms with van der Waals surface area (Å²) in [5, 5.41) is 3.63. The topological polar surface area (TPSA) is 58.6 Å². The maximum absolute atomic E-state index is 12.4. The molecule has 2 heterocycles. The molecule has 1 atom stereocenters. The maximum Gasteiger partial charge on any atom is 0.229 e. The van der Waals surface area contributed by atoms with Crippen LogP contribution >= 0.6 is 23.2 Å². The highest BCUT2D eigenvalue weighted by Crippen LogP contribution is 2.28. The number of likely N-dealkylation sites (tertiary alicyclic amines) is 1. The fourth-order valence-corrected chi connectivity index (χ4v) is 3.37. The van der Waals surface area contributed by atoms with Gasteiger partial charge in [-0.3, -0.25) is 9.59 Å². The normalized spacial score (nSPS) is 22.4. The largest absolute Gasteiger partial charge is 0.381 e. The number of nitrogens with one attached hydrogen (secondary N) is 1. The highest BCUT2D eigenvalue weighted by molar-refractivity contribution is 6.42. The Hall–Kier alpha value is -1.30. The van der Waals surface area contributed by atoms with Crippen LogP contribution in [0.4, 0.5) is 5.69 Å². The standard InChI is InChI=1S/C16H18Cl2N2O3/c17-13-2-1-11(8-14(13)18)19-16(22)10-7-15(21)20(9-10)12-3-5-23-6-4-12/h1-2,8,10,12H,3-7,9H2,(H,19,22). The van der Waals surface area contributed by atoms with E-state index in [1.807, 2.05) is 4.90 Å². The highest BCUT2D eigenvalue weighted by Gasteiger charge is 2.38. The summed E-state index contributed by atoms with van der Waals surface area (Å²) >= 11 is 11.8. The van der Waals surface area contributed by atoms with Gasteiger partial charge in [0.05, 0.1) is 16.0 Å². The second-order valence-electron chi connectivity index (χ2n) is 5.91. The Labute approximate surface area is 144 Å². The summed E-state index contributed by atoms with van der Waals surface area (Å²) in [5.74, 6) is -0.447. The molecule has 1 unspecified atom stereocenters. The molecule has 2 fully saturated rings. The average Bonchev–Trinajstić information content (AvgIpc) is 2.94. The number of benzene rings is 1. The van der Waals surface area contributed by atoms with Crippen molar-refractivity contribution < 1.29 is 14.3 Å². The molecule has 5 nitrogen and oxygen atoms in total. The Kier molecular flexibility index (Phi) is 5.09. The van der Waals surface area contributed by atoms with Crippen LogP contribution in [0.15, 0.2) is 18.2 Å². The molecule has 7 heteroatoms. The summed E-state index contributed by atoms with van der Waals surface area (Å²) in [7, 11) is 0. The average molecular weight is 357 g/mol. The van der Waals surface area contributed by atoms with Crippen LogP contribution in [0.1, 0.15) is 19.3 Å². The van der Waals surface area contributed by atoms with E-state index in [2.05, 4.69) is 5.32 Å². The van der Waals surface area contributed by atoms with E-state index in [0.717, 1.165) is 12.8 Å². The van der Waals surface area contributed by atoms with Gasteiger partial charge in [-0.1, -0.05) is 23.2 Å². The number of amides is 2. The van der Waals surface area contributed by atoms with Gasteiger partial charge in [0, 0.05) is 37.9 Å². The zero-order valence-electron chi connectivity index (χ0n) is 12.6. The number of carbonyl (C=O) groups is 2. The minimum Gasteiger partial charge on any atom is -0.381 e. The lowest BCUT2D eigenvalue weighted by Crippen LogP contribution is -2.41. The molecular formula is C16H18Cl2N2O3. The quantitative estimate of drug-likeness (QED) is 0.905. The SMILES string of the molecule is O=C(Nc1ccc(Cl)c(Cl)c1)C1CC(=O)N(C2CCOCC2)C1. The van der Waals surface area contributed by atoms with Crippen molar-refractivity contribution in [3.63, 3.8) is 0 Å². The van der Waals surface area contributed by atoms with Gasteiger partial charge in [0.1, 0.15) is 0 Å². The van der Waals surface area contributed by atoms with E-state index < -0.39 is 0 Å². The molecule has 0 aliphatic carbocycles. The summed E-state index contributed by atoms with van der Waals surface area (Å²) in [6, 6.07) is 5.13. The van der Waals surface area contributed by atoms with E-state index in [0.29, 0.717) is 35.5 Å². The third kappa shape index (κ3) is 3.79. The molecular weight excluding hydrogens is 339 g/mol. The molecule has 2 aliphatic rings. The van der Waals surface area contributed by atoms with Crippen LogP contribution in [0.25, 0.3) is 0 Å². The fraction of sp³-hybridized carbons (Fsp3) is 0.500. The molecule has 23 heavy (non-hydrogen) atoms. The first kappa shape index (κ1) is 16.6. The number of hydrogen-bond donors (Lipinski definition) is 1. The predicted octanol–water partition coefficient (Wildman–Crippen LogP) is 2.96. The molecule has 2 saturated heterocycles. The van der Waals surface area contributed by atoms with Gasteiger partial charge in [-0.15, -0.1) is 0 Å². The van der Waals surface area contributed by atoms with E-state index in [1.165, 1.54) is 0 Å². The second kappa shape index (κ2) is 7.07. The molecule has 0 radical (unpaired) electrons. The lowest BCUT2D eigenvalue weighted by molar-refractivity contribution is -0.131. The van der Waals surface area contributed by atoms with Crippen molar-refractivity contribution >= 4 is 40.7 Å². The minimum absolute atomic E-state index is 0.0474. The van der Waals surface area contributed by atoms with Gasteiger partial charge in [-0.2, -0.15) is 0 Å². The van der Waals surface area contributed by atoms with Crippen molar-refractivity contribution in [2.24, 2.45) is 5.92 Å². The molecule has 3 rings (SSSR count). The van der Waals surface area contributed by atoms with E-state index in [-0.39, 0.29) is 30.2 Å². The molecule has 0 spiro atoms. The third-order valence-electron chi connectivity index (χ3n) is 4.35. The maximum atomic E-state index is 12.4. The fourth-order valence-electron chi connectivity index (χ4n) is 3.08. The molecule has 1 aromatic carbocycles. The van der Waals surface area contributed by atoms with Crippen molar-refractivity contribution in [3.8, 4) is 0 Å². The zero-order valence-corrected chi connectivity index (χ0v) is 14.1.